The van der Waals surface area contributed by atoms with Crippen LogP contribution in [0.3, 0.4) is 0 Å². The van der Waals surface area contributed by atoms with Crippen molar-refractivity contribution in [2.24, 2.45) is 5.92 Å². The predicted molar refractivity (Wildman–Crippen MR) is 46.9 cm³/mol. The summed E-state index contributed by atoms with van der Waals surface area (Å²) < 4.78 is 0. The number of hydrogen-bond acceptors (Lipinski definition) is 1. The van der Waals surface area contributed by atoms with E-state index in [0.717, 1.165) is 0 Å². The van der Waals surface area contributed by atoms with E-state index < -0.39 is 0 Å². The number of hydrogen-bond donors (Lipinski definition) is 0. The molecule has 0 saturated carbocycles. The molecule has 0 nitrogen and oxygen atoms in total. The second-order valence-electron chi connectivity index (χ2n) is 2.78. The summed E-state index contributed by atoms with van der Waals surface area (Å²) in [5.74, 6) is 0.676. The average molecular weight is 150 g/mol. The first-order valence-electron chi connectivity index (χ1n) is 3.55. The number of rotatable bonds is 0. The van der Waals surface area contributed by atoms with Crippen LogP contribution in [-0.2, 0) is 0 Å². The van der Waals surface area contributed by atoms with Crippen LogP contribution in [0.2, 0.25) is 0 Å². The third-order valence-electron chi connectivity index (χ3n) is 1.92. The van der Waals surface area contributed by atoms with Crippen molar-refractivity contribution in [2.75, 3.05) is 0 Å². The molecule has 52 valence electrons. The Hall–Kier alpha value is -0.430. The third-order valence-corrected chi connectivity index (χ3v) is 3.02. The standard InChI is InChI=1S/C9H10S/c1-7-2-3-9-8(6-7)4-5-10-9/h2-6,8-9H,1H3. The first-order valence-corrected chi connectivity index (χ1v) is 4.49. The van der Waals surface area contributed by atoms with Gasteiger partial charge in [-0.3, -0.25) is 0 Å². The van der Waals surface area contributed by atoms with Crippen molar-refractivity contribution < 1.29 is 0 Å². The first kappa shape index (κ1) is 6.29. The van der Waals surface area contributed by atoms with Crippen LogP contribution >= 0.6 is 11.8 Å². The van der Waals surface area contributed by atoms with Crippen LogP contribution in [0.1, 0.15) is 6.92 Å². The summed E-state index contributed by atoms with van der Waals surface area (Å²) in [4.78, 5) is 0. The van der Waals surface area contributed by atoms with E-state index in [1.807, 2.05) is 11.8 Å². The molecule has 0 N–H and O–H groups in total. The lowest BCUT2D eigenvalue weighted by Crippen LogP contribution is -2.08. The van der Waals surface area contributed by atoms with Gasteiger partial charge in [-0.1, -0.05) is 29.9 Å². The van der Waals surface area contributed by atoms with Crippen molar-refractivity contribution in [3.05, 3.63) is 35.3 Å². The quantitative estimate of drug-likeness (QED) is 0.511. The fourth-order valence-electron chi connectivity index (χ4n) is 1.36. The SMILES string of the molecule is CC1=CC2C=CSC2C=C1. The lowest BCUT2D eigenvalue weighted by atomic mass is 9.97. The maximum Gasteiger partial charge on any atom is 0.0369 e. The first-order chi connectivity index (χ1) is 4.86. The minimum absolute atomic E-state index is 0.676. The third kappa shape index (κ3) is 0.948. The molecule has 0 bridgehead atoms. The van der Waals surface area contributed by atoms with Gasteiger partial charge in [-0.15, -0.1) is 11.8 Å². The van der Waals surface area contributed by atoms with E-state index in [2.05, 4.69) is 36.6 Å². The lowest BCUT2D eigenvalue weighted by molar-refractivity contribution is 0.845. The van der Waals surface area contributed by atoms with E-state index in [4.69, 9.17) is 0 Å². The van der Waals surface area contributed by atoms with Gasteiger partial charge in [-0.25, -0.2) is 0 Å². The Morgan fingerprint density at radius 1 is 1.40 bits per heavy atom. The molecule has 0 radical (unpaired) electrons. The van der Waals surface area contributed by atoms with Gasteiger partial charge in [0.1, 0.15) is 0 Å². The molecule has 0 aromatic heterocycles. The van der Waals surface area contributed by atoms with Crippen LogP contribution in [0.25, 0.3) is 0 Å². The van der Waals surface area contributed by atoms with Gasteiger partial charge in [-0.05, 0) is 12.3 Å². The number of thioether (sulfide) groups is 1. The van der Waals surface area contributed by atoms with Crippen molar-refractivity contribution in [3.63, 3.8) is 0 Å². The van der Waals surface area contributed by atoms with Crippen LogP contribution in [0.4, 0.5) is 0 Å². The minimum atomic E-state index is 0.676. The van der Waals surface area contributed by atoms with E-state index in [1.54, 1.807) is 0 Å². The summed E-state index contributed by atoms with van der Waals surface area (Å²) in [5.41, 5.74) is 1.40. The highest BCUT2D eigenvalue weighted by molar-refractivity contribution is 8.03. The highest BCUT2D eigenvalue weighted by Gasteiger charge is 2.20. The molecule has 0 aromatic carbocycles. The second kappa shape index (κ2) is 2.31. The highest BCUT2D eigenvalue weighted by Crippen LogP contribution is 2.34. The van der Waals surface area contributed by atoms with E-state index in [0.29, 0.717) is 11.2 Å². The Morgan fingerprint density at radius 2 is 2.30 bits per heavy atom. The Labute approximate surface area is 65.7 Å². The topological polar surface area (TPSA) is 0 Å². The van der Waals surface area contributed by atoms with E-state index in [1.165, 1.54) is 5.57 Å². The molecule has 0 spiro atoms. The van der Waals surface area contributed by atoms with E-state index in [9.17, 15) is 0 Å². The normalized spacial score (nSPS) is 35.9. The van der Waals surface area contributed by atoms with Gasteiger partial charge >= 0.3 is 0 Å². The molecule has 0 saturated heterocycles. The number of fused-ring (bicyclic) bond motifs is 1. The highest BCUT2D eigenvalue weighted by atomic mass is 32.2. The Kier molecular flexibility index (Phi) is 1.46. The van der Waals surface area contributed by atoms with Gasteiger partial charge < -0.3 is 0 Å². The Balaban J connectivity index is 2.26. The van der Waals surface area contributed by atoms with Crippen LogP contribution in [0, 0.1) is 5.92 Å². The molecule has 0 amide bonds. The second-order valence-corrected chi connectivity index (χ2v) is 3.87. The lowest BCUT2D eigenvalue weighted by Gasteiger charge is -2.15. The molecule has 1 heteroatoms. The summed E-state index contributed by atoms with van der Waals surface area (Å²) in [6, 6.07) is 0. The van der Waals surface area contributed by atoms with Crippen molar-refractivity contribution in [2.45, 2.75) is 12.2 Å². The minimum Gasteiger partial charge on any atom is -0.126 e. The molecule has 2 aliphatic rings. The monoisotopic (exact) mass is 150 g/mol. The van der Waals surface area contributed by atoms with E-state index in [-0.39, 0.29) is 0 Å². The summed E-state index contributed by atoms with van der Waals surface area (Å²) in [6.45, 7) is 2.16. The molecule has 2 unspecified atom stereocenters. The largest absolute Gasteiger partial charge is 0.126 e. The molecule has 2 atom stereocenters. The van der Waals surface area contributed by atoms with Crippen LogP contribution < -0.4 is 0 Å². The average Bonchev–Trinajstić information content (AvgIpc) is 2.33. The van der Waals surface area contributed by atoms with Gasteiger partial charge in [0.2, 0.25) is 0 Å². The maximum absolute atomic E-state index is 2.33. The van der Waals surface area contributed by atoms with Gasteiger partial charge in [0.05, 0.1) is 0 Å². The smallest absolute Gasteiger partial charge is 0.0369 e. The molecule has 1 aliphatic heterocycles. The number of allylic oxidation sites excluding steroid dienone is 4. The van der Waals surface area contributed by atoms with Crippen LogP contribution in [0.15, 0.2) is 35.3 Å². The summed E-state index contributed by atoms with van der Waals surface area (Å²) in [7, 11) is 0. The molecule has 0 aromatic rings. The summed E-state index contributed by atoms with van der Waals surface area (Å²) in [5, 5.41) is 2.90. The van der Waals surface area contributed by atoms with Gasteiger partial charge in [0.15, 0.2) is 0 Å². The molecule has 2 rings (SSSR count). The zero-order chi connectivity index (χ0) is 6.97. The zero-order valence-electron chi connectivity index (χ0n) is 5.95. The Morgan fingerprint density at radius 3 is 3.20 bits per heavy atom. The van der Waals surface area contributed by atoms with Crippen LogP contribution in [-0.4, -0.2) is 5.25 Å². The van der Waals surface area contributed by atoms with Crippen molar-refractivity contribution in [1.29, 1.82) is 0 Å². The van der Waals surface area contributed by atoms with Gasteiger partial charge in [-0.2, -0.15) is 0 Å². The predicted octanol–water partition coefficient (Wildman–Crippen LogP) is 2.75. The van der Waals surface area contributed by atoms with Crippen molar-refractivity contribution >= 4 is 11.8 Å². The molecule has 1 heterocycles. The zero-order valence-corrected chi connectivity index (χ0v) is 6.77. The fraction of sp³-hybridized carbons (Fsp3) is 0.333. The summed E-state index contributed by atoms with van der Waals surface area (Å²) >= 11 is 1.92. The Bertz CT molecular complexity index is 223. The molecule has 10 heavy (non-hydrogen) atoms. The summed E-state index contributed by atoms with van der Waals surface area (Å²) in [6.07, 6.45) is 9.12. The van der Waals surface area contributed by atoms with Crippen molar-refractivity contribution in [3.8, 4) is 0 Å². The molecule has 1 aliphatic carbocycles. The van der Waals surface area contributed by atoms with Gasteiger partial charge in [0, 0.05) is 11.2 Å². The van der Waals surface area contributed by atoms with Gasteiger partial charge in [0.25, 0.3) is 0 Å². The van der Waals surface area contributed by atoms with Crippen LogP contribution in [0.5, 0.6) is 0 Å². The molecule has 0 fully saturated rings. The fourth-order valence-corrected chi connectivity index (χ4v) is 2.33. The van der Waals surface area contributed by atoms with Crippen molar-refractivity contribution in [1.82, 2.24) is 0 Å². The molecular weight excluding hydrogens is 140 g/mol. The maximum atomic E-state index is 2.33. The molecular formula is C9H10S. The van der Waals surface area contributed by atoms with E-state index >= 15 is 0 Å².